The first kappa shape index (κ1) is 8.17. The lowest BCUT2D eigenvalue weighted by Crippen LogP contribution is -2.10. The molecule has 0 saturated carbocycles. The fraction of sp³-hybridized carbons (Fsp3) is 0.375. The van der Waals surface area contributed by atoms with Crippen molar-refractivity contribution in [2.24, 2.45) is 5.73 Å². The average Bonchev–Trinajstić information content (AvgIpc) is 2.06. The van der Waals surface area contributed by atoms with Crippen molar-refractivity contribution in [2.75, 3.05) is 7.05 Å². The Morgan fingerprint density at radius 3 is 3.00 bits per heavy atom. The van der Waals surface area contributed by atoms with Crippen molar-refractivity contribution in [1.82, 2.24) is 10.3 Å². The summed E-state index contributed by atoms with van der Waals surface area (Å²) >= 11 is 0. The van der Waals surface area contributed by atoms with Crippen molar-refractivity contribution in [3.05, 3.63) is 29.6 Å². The fourth-order valence-electron chi connectivity index (χ4n) is 1.00. The molecule has 3 N–H and O–H groups in total. The first-order valence-electron chi connectivity index (χ1n) is 3.65. The number of rotatable bonds is 3. The SMILES string of the molecule is CNCc1cnccc1CN. The van der Waals surface area contributed by atoms with Crippen LogP contribution in [-0.2, 0) is 13.1 Å². The third-order valence-electron chi connectivity index (χ3n) is 1.59. The van der Waals surface area contributed by atoms with E-state index in [1.54, 1.807) is 6.20 Å². The summed E-state index contributed by atoms with van der Waals surface area (Å²) in [5.41, 5.74) is 7.87. The van der Waals surface area contributed by atoms with E-state index in [2.05, 4.69) is 10.3 Å². The van der Waals surface area contributed by atoms with E-state index in [0.717, 1.165) is 12.1 Å². The number of aromatic nitrogens is 1. The van der Waals surface area contributed by atoms with Crippen molar-refractivity contribution in [3.8, 4) is 0 Å². The van der Waals surface area contributed by atoms with Crippen LogP contribution in [-0.4, -0.2) is 12.0 Å². The molecule has 11 heavy (non-hydrogen) atoms. The Morgan fingerprint density at radius 1 is 1.55 bits per heavy atom. The van der Waals surface area contributed by atoms with Gasteiger partial charge in [-0.05, 0) is 24.2 Å². The minimum atomic E-state index is 0.583. The minimum absolute atomic E-state index is 0.583. The first-order chi connectivity index (χ1) is 5.38. The van der Waals surface area contributed by atoms with Crippen LogP contribution in [0.25, 0.3) is 0 Å². The highest BCUT2D eigenvalue weighted by molar-refractivity contribution is 5.22. The lowest BCUT2D eigenvalue weighted by Gasteiger charge is -2.04. The summed E-state index contributed by atoms with van der Waals surface area (Å²) in [6, 6.07) is 1.95. The molecule has 0 aliphatic rings. The Kier molecular flexibility index (Phi) is 3.01. The molecule has 0 unspecified atom stereocenters. The van der Waals surface area contributed by atoms with Gasteiger partial charge in [0.25, 0.3) is 0 Å². The van der Waals surface area contributed by atoms with Gasteiger partial charge in [0.2, 0.25) is 0 Å². The van der Waals surface area contributed by atoms with Gasteiger partial charge in [0, 0.05) is 25.5 Å². The van der Waals surface area contributed by atoms with Crippen LogP contribution in [0.15, 0.2) is 18.5 Å². The molecule has 1 heterocycles. The van der Waals surface area contributed by atoms with Crippen molar-refractivity contribution in [1.29, 1.82) is 0 Å². The lowest BCUT2D eigenvalue weighted by molar-refractivity contribution is 0.798. The largest absolute Gasteiger partial charge is 0.326 e. The van der Waals surface area contributed by atoms with Crippen LogP contribution in [0.1, 0.15) is 11.1 Å². The predicted octanol–water partition coefficient (Wildman–Crippen LogP) is 0.260. The van der Waals surface area contributed by atoms with Crippen molar-refractivity contribution < 1.29 is 0 Å². The molecule has 60 valence electrons. The molecular weight excluding hydrogens is 138 g/mol. The first-order valence-corrected chi connectivity index (χ1v) is 3.65. The lowest BCUT2D eigenvalue weighted by atomic mass is 10.1. The van der Waals surface area contributed by atoms with E-state index in [4.69, 9.17) is 5.73 Å². The Hall–Kier alpha value is -0.930. The summed E-state index contributed by atoms with van der Waals surface area (Å²) in [6.07, 6.45) is 3.61. The Bertz CT molecular complexity index is 222. The maximum Gasteiger partial charge on any atom is 0.0316 e. The molecule has 3 heteroatoms. The van der Waals surface area contributed by atoms with E-state index in [1.165, 1.54) is 5.56 Å². The molecule has 0 atom stereocenters. The summed E-state index contributed by atoms with van der Waals surface area (Å²) in [4.78, 5) is 4.02. The molecule has 0 aliphatic carbocycles. The number of nitrogens with two attached hydrogens (primary N) is 1. The standard InChI is InChI=1S/C8H13N3/c1-10-5-8-6-11-3-2-7(8)4-9/h2-3,6,10H,4-5,9H2,1H3. The third kappa shape index (κ3) is 2.00. The number of nitrogens with one attached hydrogen (secondary N) is 1. The van der Waals surface area contributed by atoms with E-state index >= 15 is 0 Å². The molecule has 1 rings (SSSR count). The molecule has 0 amide bonds. The molecule has 1 aromatic rings. The topological polar surface area (TPSA) is 50.9 Å². The third-order valence-corrected chi connectivity index (χ3v) is 1.59. The molecule has 3 nitrogen and oxygen atoms in total. The highest BCUT2D eigenvalue weighted by atomic mass is 14.8. The molecule has 0 radical (unpaired) electrons. The van der Waals surface area contributed by atoms with Gasteiger partial charge in [-0.2, -0.15) is 0 Å². The van der Waals surface area contributed by atoms with E-state index in [-0.39, 0.29) is 0 Å². The van der Waals surface area contributed by atoms with Crippen LogP contribution < -0.4 is 11.1 Å². The number of hydrogen-bond donors (Lipinski definition) is 2. The van der Waals surface area contributed by atoms with Crippen LogP contribution in [0.5, 0.6) is 0 Å². The van der Waals surface area contributed by atoms with Crippen LogP contribution in [0.4, 0.5) is 0 Å². The van der Waals surface area contributed by atoms with Crippen LogP contribution >= 0.6 is 0 Å². The maximum atomic E-state index is 5.53. The number of nitrogens with zero attached hydrogens (tertiary/aromatic N) is 1. The van der Waals surface area contributed by atoms with Crippen molar-refractivity contribution in [3.63, 3.8) is 0 Å². The van der Waals surface area contributed by atoms with Crippen LogP contribution in [0, 0.1) is 0 Å². The molecule has 0 saturated heterocycles. The summed E-state index contributed by atoms with van der Waals surface area (Å²) in [5, 5.41) is 3.06. The second-order valence-corrected chi connectivity index (χ2v) is 2.38. The Labute approximate surface area is 66.6 Å². The Morgan fingerprint density at radius 2 is 2.36 bits per heavy atom. The van der Waals surface area contributed by atoms with Gasteiger partial charge in [-0.3, -0.25) is 4.98 Å². The van der Waals surface area contributed by atoms with Crippen LogP contribution in [0.3, 0.4) is 0 Å². The zero-order chi connectivity index (χ0) is 8.10. The van der Waals surface area contributed by atoms with Gasteiger partial charge in [-0.15, -0.1) is 0 Å². The van der Waals surface area contributed by atoms with Crippen LogP contribution in [0.2, 0.25) is 0 Å². The molecule has 0 spiro atoms. The van der Waals surface area contributed by atoms with Gasteiger partial charge in [0.1, 0.15) is 0 Å². The molecule has 1 aromatic heterocycles. The van der Waals surface area contributed by atoms with Gasteiger partial charge in [0.15, 0.2) is 0 Å². The maximum absolute atomic E-state index is 5.53. The summed E-state index contributed by atoms with van der Waals surface area (Å²) < 4.78 is 0. The average molecular weight is 151 g/mol. The number of hydrogen-bond acceptors (Lipinski definition) is 3. The van der Waals surface area contributed by atoms with Gasteiger partial charge in [-0.25, -0.2) is 0 Å². The number of pyridine rings is 1. The van der Waals surface area contributed by atoms with Gasteiger partial charge in [-0.1, -0.05) is 0 Å². The van der Waals surface area contributed by atoms with E-state index in [9.17, 15) is 0 Å². The quantitative estimate of drug-likeness (QED) is 0.651. The monoisotopic (exact) mass is 151 g/mol. The Balaban J connectivity index is 2.83. The highest BCUT2D eigenvalue weighted by Gasteiger charge is 1.97. The highest BCUT2D eigenvalue weighted by Crippen LogP contribution is 2.04. The zero-order valence-electron chi connectivity index (χ0n) is 6.67. The van der Waals surface area contributed by atoms with E-state index in [0.29, 0.717) is 6.54 Å². The van der Waals surface area contributed by atoms with Crippen molar-refractivity contribution >= 4 is 0 Å². The smallest absolute Gasteiger partial charge is 0.0316 e. The second-order valence-electron chi connectivity index (χ2n) is 2.38. The molecule has 0 aliphatic heterocycles. The summed E-state index contributed by atoms with van der Waals surface area (Å²) in [7, 11) is 1.91. The fourth-order valence-corrected chi connectivity index (χ4v) is 1.00. The van der Waals surface area contributed by atoms with Crippen molar-refractivity contribution in [2.45, 2.75) is 13.1 Å². The van der Waals surface area contributed by atoms with Gasteiger partial charge >= 0.3 is 0 Å². The molecule has 0 aromatic carbocycles. The minimum Gasteiger partial charge on any atom is -0.326 e. The van der Waals surface area contributed by atoms with Gasteiger partial charge < -0.3 is 11.1 Å². The molecule has 0 fully saturated rings. The second kappa shape index (κ2) is 4.05. The van der Waals surface area contributed by atoms with E-state index < -0.39 is 0 Å². The zero-order valence-corrected chi connectivity index (χ0v) is 6.67. The van der Waals surface area contributed by atoms with E-state index in [1.807, 2.05) is 19.3 Å². The summed E-state index contributed by atoms with van der Waals surface area (Å²) in [5.74, 6) is 0. The van der Waals surface area contributed by atoms with Gasteiger partial charge in [0.05, 0.1) is 0 Å². The molecular formula is C8H13N3. The predicted molar refractivity (Wildman–Crippen MR) is 44.9 cm³/mol. The summed E-state index contributed by atoms with van der Waals surface area (Å²) in [6.45, 7) is 1.42. The molecule has 0 bridgehead atoms. The normalized spacial score (nSPS) is 10.0.